The second kappa shape index (κ2) is 2.61. The van der Waals surface area contributed by atoms with Gasteiger partial charge < -0.3 is 10.2 Å². The first-order chi connectivity index (χ1) is 5.52. The van der Waals surface area contributed by atoms with Crippen LogP contribution in [0.2, 0.25) is 0 Å². The van der Waals surface area contributed by atoms with E-state index in [2.05, 4.69) is 0 Å². The number of Topliss-reactive ketones (excluding diaryl/α,β-unsaturated/α-hetero) is 1. The van der Waals surface area contributed by atoms with Crippen molar-refractivity contribution >= 4 is 17.5 Å². The lowest BCUT2D eigenvalue weighted by molar-refractivity contribution is -0.134. The number of ketones is 2. The van der Waals surface area contributed by atoms with Gasteiger partial charge in [-0.1, -0.05) is 0 Å². The van der Waals surface area contributed by atoms with E-state index in [1.54, 1.807) is 0 Å². The van der Waals surface area contributed by atoms with Crippen molar-refractivity contribution < 1.29 is 24.6 Å². The number of carboxylic acid groups (broad SMARTS) is 1. The van der Waals surface area contributed by atoms with E-state index in [1.807, 2.05) is 0 Å². The number of hydrogen-bond acceptors (Lipinski definition) is 4. The van der Waals surface area contributed by atoms with Crippen molar-refractivity contribution in [1.82, 2.24) is 0 Å². The van der Waals surface area contributed by atoms with Crippen LogP contribution in [0.1, 0.15) is 0 Å². The summed E-state index contributed by atoms with van der Waals surface area (Å²) in [4.78, 5) is 31.5. The van der Waals surface area contributed by atoms with E-state index in [-0.39, 0.29) is 0 Å². The van der Waals surface area contributed by atoms with Gasteiger partial charge in [-0.2, -0.15) is 0 Å². The molecule has 0 aromatic carbocycles. The summed E-state index contributed by atoms with van der Waals surface area (Å²) >= 11 is 0. The molecule has 0 spiro atoms. The smallest absolute Gasteiger partial charge is 0.335 e. The number of allylic oxidation sites excluding steroid dienone is 2. The Morgan fingerprint density at radius 2 is 1.83 bits per heavy atom. The Morgan fingerprint density at radius 3 is 2.25 bits per heavy atom. The number of aliphatic hydroxyl groups excluding tert-OH is 1. The molecule has 1 rings (SSSR count). The minimum atomic E-state index is -1.36. The Labute approximate surface area is 66.6 Å². The summed E-state index contributed by atoms with van der Waals surface area (Å²) in [5.74, 6) is -4.30. The van der Waals surface area contributed by atoms with Gasteiger partial charge in [-0.25, -0.2) is 4.79 Å². The molecule has 0 fully saturated rings. The molecule has 0 saturated carbocycles. The van der Waals surface area contributed by atoms with Crippen molar-refractivity contribution in [3.63, 3.8) is 0 Å². The summed E-state index contributed by atoms with van der Waals surface area (Å²) in [6, 6.07) is 0. The average Bonchev–Trinajstić information content (AvgIpc) is 1.99. The summed E-state index contributed by atoms with van der Waals surface area (Å²) in [5, 5.41) is 17.1. The van der Waals surface area contributed by atoms with Crippen LogP contribution in [0.3, 0.4) is 0 Å². The summed E-state index contributed by atoms with van der Waals surface area (Å²) < 4.78 is 0. The molecule has 0 radical (unpaired) electrons. The van der Waals surface area contributed by atoms with E-state index in [9.17, 15) is 14.4 Å². The zero-order valence-corrected chi connectivity index (χ0v) is 5.77. The minimum absolute atomic E-state index is 0.392. The largest absolute Gasteiger partial charge is 0.504 e. The number of aliphatic carboxylic acids is 1. The molecule has 0 aromatic rings. The average molecular weight is 168 g/mol. The summed E-state index contributed by atoms with van der Waals surface area (Å²) in [6.45, 7) is 0. The Bertz CT molecular complexity index is 334. The monoisotopic (exact) mass is 168 g/mol. The first-order valence-corrected chi connectivity index (χ1v) is 2.96. The molecule has 12 heavy (non-hydrogen) atoms. The van der Waals surface area contributed by atoms with Crippen molar-refractivity contribution in [2.24, 2.45) is 0 Å². The fourth-order valence-corrected chi connectivity index (χ4v) is 0.711. The molecule has 0 bridgehead atoms. The zero-order chi connectivity index (χ0) is 9.30. The molecule has 0 aliphatic heterocycles. The fourth-order valence-electron chi connectivity index (χ4n) is 0.711. The number of carboxylic acids is 1. The van der Waals surface area contributed by atoms with Gasteiger partial charge in [-0.3, -0.25) is 9.59 Å². The highest BCUT2D eigenvalue weighted by Crippen LogP contribution is 2.09. The van der Waals surface area contributed by atoms with Crippen molar-refractivity contribution in [1.29, 1.82) is 0 Å². The van der Waals surface area contributed by atoms with E-state index in [0.717, 1.165) is 6.08 Å². The highest BCUT2D eigenvalue weighted by molar-refractivity contribution is 6.48. The number of aliphatic hydroxyl groups is 1. The van der Waals surface area contributed by atoms with Crippen LogP contribution in [0.25, 0.3) is 0 Å². The first-order valence-electron chi connectivity index (χ1n) is 2.96. The topological polar surface area (TPSA) is 91.7 Å². The Hall–Kier alpha value is -1.91. The van der Waals surface area contributed by atoms with Crippen LogP contribution in [0.5, 0.6) is 0 Å². The second-order valence-corrected chi connectivity index (χ2v) is 2.13. The number of rotatable bonds is 1. The predicted molar refractivity (Wildman–Crippen MR) is 36.4 cm³/mol. The quantitative estimate of drug-likeness (QED) is 0.410. The van der Waals surface area contributed by atoms with Gasteiger partial charge in [0.15, 0.2) is 5.76 Å². The lowest BCUT2D eigenvalue weighted by atomic mass is 10.0. The van der Waals surface area contributed by atoms with Gasteiger partial charge in [-0.15, -0.1) is 0 Å². The van der Waals surface area contributed by atoms with Crippen molar-refractivity contribution in [2.75, 3.05) is 0 Å². The molecule has 62 valence electrons. The van der Waals surface area contributed by atoms with Crippen molar-refractivity contribution in [3.8, 4) is 0 Å². The zero-order valence-electron chi connectivity index (χ0n) is 5.77. The van der Waals surface area contributed by atoms with E-state index in [4.69, 9.17) is 10.2 Å². The molecule has 0 amide bonds. The molecule has 5 heteroatoms. The van der Waals surface area contributed by atoms with Crippen molar-refractivity contribution in [2.45, 2.75) is 0 Å². The highest BCUT2D eigenvalue weighted by Gasteiger charge is 2.24. The van der Waals surface area contributed by atoms with Gasteiger partial charge in [0.2, 0.25) is 5.78 Å². The first kappa shape index (κ1) is 8.19. The number of carbonyl (C=O) groups excluding carboxylic acids is 2. The van der Waals surface area contributed by atoms with Gasteiger partial charge in [0.05, 0.1) is 5.57 Å². The minimum Gasteiger partial charge on any atom is -0.504 e. The van der Waals surface area contributed by atoms with Gasteiger partial charge in [0.1, 0.15) is 0 Å². The van der Waals surface area contributed by atoms with Crippen LogP contribution in [-0.4, -0.2) is 27.7 Å². The predicted octanol–water partition coefficient (Wildman–Crippen LogP) is -0.409. The molecule has 0 heterocycles. The number of hydrogen-bond donors (Lipinski definition) is 2. The van der Waals surface area contributed by atoms with E-state index < -0.39 is 28.9 Å². The molecule has 0 aromatic heterocycles. The normalized spacial score (nSPS) is 17.0. The molecule has 2 N–H and O–H groups in total. The fraction of sp³-hybridized carbons (Fsp3) is 0. The van der Waals surface area contributed by atoms with E-state index in [0.29, 0.717) is 6.08 Å². The van der Waals surface area contributed by atoms with Gasteiger partial charge in [-0.05, 0) is 6.08 Å². The maximum atomic E-state index is 10.6. The lowest BCUT2D eigenvalue weighted by Crippen LogP contribution is -2.20. The Morgan fingerprint density at radius 1 is 1.25 bits per heavy atom. The van der Waals surface area contributed by atoms with Gasteiger partial charge >= 0.3 is 5.97 Å². The van der Waals surface area contributed by atoms with Crippen molar-refractivity contribution in [3.05, 3.63) is 23.5 Å². The maximum absolute atomic E-state index is 10.6. The third-order valence-corrected chi connectivity index (χ3v) is 1.28. The Balaban J connectivity index is 3.11. The van der Waals surface area contributed by atoms with Crippen LogP contribution in [0.4, 0.5) is 0 Å². The third kappa shape index (κ3) is 1.24. The van der Waals surface area contributed by atoms with Crippen LogP contribution in [-0.2, 0) is 14.4 Å². The summed E-state index contributed by atoms with van der Waals surface area (Å²) in [7, 11) is 0. The SMILES string of the molecule is O=C(O)C1=CC(=O)C(=O)C(O)=C1. The Kier molecular flexibility index (Phi) is 1.78. The molecule has 0 saturated heterocycles. The molecule has 1 aliphatic rings. The standard InChI is InChI=1S/C7H4O5/c8-4-1-3(7(11)12)2-5(9)6(4)10/h1-2,8H,(H,11,12). The second-order valence-electron chi connectivity index (χ2n) is 2.13. The maximum Gasteiger partial charge on any atom is 0.335 e. The van der Waals surface area contributed by atoms with E-state index >= 15 is 0 Å². The molecular weight excluding hydrogens is 164 g/mol. The van der Waals surface area contributed by atoms with Gasteiger partial charge in [0.25, 0.3) is 5.78 Å². The molecular formula is C7H4O5. The summed E-state index contributed by atoms with van der Waals surface area (Å²) in [5.41, 5.74) is -0.392. The van der Waals surface area contributed by atoms with Gasteiger partial charge in [0, 0.05) is 6.08 Å². The molecule has 0 atom stereocenters. The van der Waals surface area contributed by atoms with Crippen LogP contribution < -0.4 is 0 Å². The lowest BCUT2D eigenvalue weighted by Gasteiger charge is -2.02. The molecule has 5 nitrogen and oxygen atoms in total. The highest BCUT2D eigenvalue weighted by atomic mass is 16.4. The van der Waals surface area contributed by atoms with E-state index in [1.165, 1.54) is 0 Å². The third-order valence-electron chi connectivity index (χ3n) is 1.28. The van der Waals surface area contributed by atoms with Crippen LogP contribution >= 0.6 is 0 Å². The molecule has 0 unspecified atom stereocenters. The number of carbonyl (C=O) groups is 3. The van der Waals surface area contributed by atoms with Crippen LogP contribution in [0, 0.1) is 0 Å². The van der Waals surface area contributed by atoms with Crippen LogP contribution in [0.15, 0.2) is 23.5 Å². The summed E-state index contributed by atoms with van der Waals surface area (Å²) in [6.07, 6.45) is 1.41. The molecule has 1 aliphatic carbocycles.